The maximum atomic E-state index is 12.5. The molecule has 3 rings (SSSR count). The Hall–Kier alpha value is -3.22. The lowest BCUT2D eigenvalue weighted by Gasteiger charge is -2.18. The second kappa shape index (κ2) is 7.99. The smallest absolute Gasteiger partial charge is 0.345 e. The van der Waals surface area contributed by atoms with Gasteiger partial charge in [0.2, 0.25) is 5.91 Å². The van der Waals surface area contributed by atoms with Crippen LogP contribution in [0.5, 0.6) is 0 Å². The zero-order chi connectivity index (χ0) is 19.4. The van der Waals surface area contributed by atoms with Crippen LogP contribution in [0.15, 0.2) is 47.5 Å². The summed E-state index contributed by atoms with van der Waals surface area (Å²) in [5.74, 6) is -0.0530. The molecular weight excluding hydrogens is 342 g/mol. The molecule has 0 aliphatic carbocycles. The summed E-state index contributed by atoms with van der Waals surface area (Å²) >= 11 is 0. The SMILES string of the molecule is Cc1nc(=O)[nH]c(C)c1CCC(=O)N[C@H](C)c1ccccc1-n1cccn1. The van der Waals surface area contributed by atoms with Gasteiger partial charge in [-0.1, -0.05) is 18.2 Å². The number of benzene rings is 1. The quantitative estimate of drug-likeness (QED) is 0.701. The Morgan fingerprint density at radius 2 is 2.04 bits per heavy atom. The van der Waals surface area contributed by atoms with Crippen LogP contribution in [0.1, 0.15) is 41.9 Å². The molecule has 2 N–H and O–H groups in total. The van der Waals surface area contributed by atoms with Crippen molar-refractivity contribution in [2.75, 3.05) is 0 Å². The number of hydrogen-bond acceptors (Lipinski definition) is 4. The van der Waals surface area contributed by atoms with Crippen molar-refractivity contribution < 1.29 is 4.79 Å². The molecule has 3 aromatic rings. The first kappa shape index (κ1) is 18.6. The molecule has 7 heteroatoms. The summed E-state index contributed by atoms with van der Waals surface area (Å²) in [6.07, 6.45) is 4.45. The van der Waals surface area contributed by atoms with Crippen molar-refractivity contribution in [1.29, 1.82) is 0 Å². The van der Waals surface area contributed by atoms with Gasteiger partial charge in [0.25, 0.3) is 0 Å². The van der Waals surface area contributed by atoms with Crippen LogP contribution in [-0.2, 0) is 11.2 Å². The molecule has 0 aliphatic heterocycles. The Balaban J connectivity index is 1.68. The number of H-pyrrole nitrogens is 1. The molecule has 27 heavy (non-hydrogen) atoms. The standard InChI is InChI=1S/C20H23N5O2/c1-13-16(14(2)24-20(27)23-13)9-10-19(26)22-15(3)17-7-4-5-8-18(17)25-12-6-11-21-25/h4-8,11-12,15H,9-10H2,1-3H3,(H,22,26)(H,23,24,27)/t15-/m1/s1. The first-order chi connectivity index (χ1) is 13.0. The van der Waals surface area contributed by atoms with E-state index in [1.165, 1.54) is 0 Å². The lowest BCUT2D eigenvalue weighted by atomic mass is 10.0. The van der Waals surface area contributed by atoms with Crippen molar-refractivity contribution in [3.05, 3.63) is 75.7 Å². The lowest BCUT2D eigenvalue weighted by molar-refractivity contribution is -0.121. The van der Waals surface area contributed by atoms with Crippen molar-refractivity contribution >= 4 is 5.91 Å². The number of amides is 1. The van der Waals surface area contributed by atoms with Gasteiger partial charge in [-0.2, -0.15) is 10.1 Å². The molecular formula is C20H23N5O2. The van der Waals surface area contributed by atoms with E-state index in [-0.39, 0.29) is 17.6 Å². The molecule has 0 fully saturated rings. The summed E-state index contributed by atoms with van der Waals surface area (Å²) in [4.78, 5) is 30.4. The highest BCUT2D eigenvalue weighted by atomic mass is 16.1. The van der Waals surface area contributed by atoms with E-state index in [4.69, 9.17) is 0 Å². The predicted molar refractivity (Wildman–Crippen MR) is 103 cm³/mol. The largest absolute Gasteiger partial charge is 0.349 e. The molecule has 1 aromatic carbocycles. The van der Waals surface area contributed by atoms with Crippen LogP contribution in [0, 0.1) is 13.8 Å². The molecule has 0 spiro atoms. The Morgan fingerprint density at radius 1 is 1.26 bits per heavy atom. The number of aromatic amines is 1. The summed E-state index contributed by atoms with van der Waals surface area (Å²) in [5.41, 5.74) is 3.91. The molecule has 0 bridgehead atoms. The fourth-order valence-electron chi connectivity index (χ4n) is 3.23. The molecule has 2 heterocycles. The minimum absolute atomic E-state index is 0.0530. The summed E-state index contributed by atoms with van der Waals surface area (Å²) < 4.78 is 1.79. The van der Waals surface area contributed by atoms with Crippen molar-refractivity contribution in [1.82, 2.24) is 25.1 Å². The van der Waals surface area contributed by atoms with Gasteiger partial charge in [-0.15, -0.1) is 0 Å². The highest BCUT2D eigenvalue weighted by Gasteiger charge is 2.15. The van der Waals surface area contributed by atoms with E-state index < -0.39 is 0 Å². The zero-order valence-electron chi connectivity index (χ0n) is 15.7. The fourth-order valence-corrected chi connectivity index (χ4v) is 3.23. The molecule has 0 saturated carbocycles. The number of aryl methyl sites for hydroxylation is 2. The Bertz CT molecular complexity index is 966. The number of hydrogen-bond donors (Lipinski definition) is 2. The van der Waals surface area contributed by atoms with Gasteiger partial charge < -0.3 is 10.3 Å². The van der Waals surface area contributed by atoms with Crippen LogP contribution < -0.4 is 11.0 Å². The van der Waals surface area contributed by atoms with Crippen molar-refractivity contribution in [2.45, 2.75) is 39.7 Å². The van der Waals surface area contributed by atoms with Gasteiger partial charge in [-0.3, -0.25) is 4.79 Å². The maximum absolute atomic E-state index is 12.5. The summed E-state index contributed by atoms with van der Waals surface area (Å²) in [7, 11) is 0. The summed E-state index contributed by atoms with van der Waals surface area (Å²) in [5, 5.41) is 7.33. The van der Waals surface area contributed by atoms with Gasteiger partial charge in [0.15, 0.2) is 0 Å². The average molecular weight is 365 g/mol. The van der Waals surface area contributed by atoms with E-state index in [2.05, 4.69) is 20.4 Å². The molecule has 1 amide bonds. The van der Waals surface area contributed by atoms with E-state index in [0.717, 1.165) is 22.5 Å². The normalized spacial score (nSPS) is 12.0. The zero-order valence-corrected chi connectivity index (χ0v) is 15.7. The molecule has 0 aliphatic rings. The van der Waals surface area contributed by atoms with Gasteiger partial charge in [0.1, 0.15) is 0 Å². The number of rotatable bonds is 6. The van der Waals surface area contributed by atoms with E-state index in [1.807, 2.05) is 50.4 Å². The molecule has 0 radical (unpaired) electrons. The van der Waals surface area contributed by atoms with Crippen LogP contribution in [-0.4, -0.2) is 25.7 Å². The highest BCUT2D eigenvalue weighted by Crippen LogP contribution is 2.21. The third-order valence-electron chi connectivity index (χ3n) is 4.59. The molecule has 0 unspecified atom stereocenters. The van der Waals surface area contributed by atoms with Gasteiger partial charge in [0, 0.05) is 30.2 Å². The summed E-state index contributed by atoms with van der Waals surface area (Å²) in [6.45, 7) is 5.57. The topological polar surface area (TPSA) is 92.7 Å². The number of aromatic nitrogens is 4. The van der Waals surface area contributed by atoms with Crippen molar-refractivity contribution in [2.24, 2.45) is 0 Å². The number of nitrogens with zero attached hydrogens (tertiary/aromatic N) is 3. The molecule has 1 atom stereocenters. The number of carbonyl (C=O) groups excluding carboxylic acids is 1. The molecule has 7 nitrogen and oxygen atoms in total. The predicted octanol–water partition coefficient (Wildman–Crippen LogP) is 2.38. The van der Waals surface area contributed by atoms with Gasteiger partial charge in [-0.25, -0.2) is 9.48 Å². The van der Waals surface area contributed by atoms with Crippen LogP contribution in [0.3, 0.4) is 0 Å². The minimum Gasteiger partial charge on any atom is -0.349 e. The second-order valence-electron chi connectivity index (χ2n) is 6.53. The number of carbonyl (C=O) groups is 1. The number of para-hydroxylation sites is 1. The Morgan fingerprint density at radius 3 is 2.74 bits per heavy atom. The van der Waals surface area contributed by atoms with Crippen LogP contribution in [0.4, 0.5) is 0 Å². The fraction of sp³-hybridized carbons (Fsp3) is 0.300. The second-order valence-corrected chi connectivity index (χ2v) is 6.53. The van der Waals surface area contributed by atoms with Crippen molar-refractivity contribution in [3.63, 3.8) is 0 Å². The average Bonchev–Trinajstić information content (AvgIpc) is 3.15. The van der Waals surface area contributed by atoms with Crippen LogP contribution in [0.2, 0.25) is 0 Å². The first-order valence-corrected chi connectivity index (χ1v) is 8.90. The van der Waals surface area contributed by atoms with Gasteiger partial charge in [0.05, 0.1) is 11.7 Å². The number of nitrogens with one attached hydrogen (secondary N) is 2. The molecule has 2 aromatic heterocycles. The van der Waals surface area contributed by atoms with E-state index in [0.29, 0.717) is 18.5 Å². The Labute approximate surface area is 157 Å². The molecule has 0 saturated heterocycles. The van der Waals surface area contributed by atoms with Crippen molar-refractivity contribution in [3.8, 4) is 5.69 Å². The highest BCUT2D eigenvalue weighted by molar-refractivity contribution is 5.77. The van der Waals surface area contributed by atoms with E-state index in [9.17, 15) is 9.59 Å². The van der Waals surface area contributed by atoms with Crippen LogP contribution in [0.25, 0.3) is 5.69 Å². The van der Waals surface area contributed by atoms with Gasteiger partial charge in [-0.05, 0) is 50.5 Å². The maximum Gasteiger partial charge on any atom is 0.345 e. The Kier molecular flexibility index (Phi) is 5.49. The monoisotopic (exact) mass is 365 g/mol. The molecule has 140 valence electrons. The van der Waals surface area contributed by atoms with E-state index in [1.54, 1.807) is 17.8 Å². The van der Waals surface area contributed by atoms with E-state index >= 15 is 0 Å². The van der Waals surface area contributed by atoms with Gasteiger partial charge >= 0.3 is 5.69 Å². The first-order valence-electron chi connectivity index (χ1n) is 8.90. The third kappa shape index (κ3) is 4.31. The minimum atomic E-state index is -0.359. The third-order valence-corrected chi connectivity index (χ3v) is 4.59. The summed E-state index contributed by atoms with van der Waals surface area (Å²) in [6, 6.07) is 9.57. The lowest BCUT2D eigenvalue weighted by Crippen LogP contribution is -2.28. The van der Waals surface area contributed by atoms with Crippen LogP contribution >= 0.6 is 0 Å².